The lowest BCUT2D eigenvalue weighted by Gasteiger charge is -2.35. The molecule has 33 heavy (non-hydrogen) atoms. The quantitative estimate of drug-likeness (QED) is 0.554. The van der Waals surface area contributed by atoms with Crippen molar-refractivity contribution in [2.75, 3.05) is 5.32 Å². The topological polar surface area (TPSA) is 92.4 Å². The molecule has 2 aromatic carbocycles. The normalized spacial score (nSPS) is 17.9. The van der Waals surface area contributed by atoms with Gasteiger partial charge in [-0.15, -0.1) is 0 Å². The molecule has 4 rings (SSSR count). The summed E-state index contributed by atoms with van der Waals surface area (Å²) in [6, 6.07) is 8.90. The number of alkyl halides is 3. The Hall–Kier alpha value is -2.91. The van der Waals surface area contributed by atoms with Gasteiger partial charge in [0, 0.05) is 22.5 Å². The summed E-state index contributed by atoms with van der Waals surface area (Å²) >= 11 is 6.21. The molecular weight excluding hydrogens is 461 g/mol. The Balaban J connectivity index is 1.66. The van der Waals surface area contributed by atoms with Crippen LogP contribution in [0.3, 0.4) is 0 Å². The first-order valence-electron chi connectivity index (χ1n) is 10.3. The van der Waals surface area contributed by atoms with Crippen molar-refractivity contribution in [3.63, 3.8) is 0 Å². The number of nitrogens with one attached hydrogen (secondary N) is 1. The molecule has 3 aromatic rings. The van der Waals surface area contributed by atoms with Crippen LogP contribution in [0.15, 0.2) is 45.7 Å². The van der Waals surface area contributed by atoms with Crippen molar-refractivity contribution in [1.29, 1.82) is 0 Å². The Morgan fingerprint density at radius 1 is 1.27 bits per heavy atom. The van der Waals surface area contributed by atoms with Crippen molar-refractivity contribution >= 4 is 34.0 Å². The van der Waals surface area contributed by atoms with Crippen molar-refractivity contribution in [2.45, 2.75) is 50.3 Å². The molecule has 2 N–H and O–H groups in total. The third-order valence-electron chi connectivity index (χ3n) is 6.11. The average molecular weight is 481 g/mol. The van der Waals surface area contributed by atoms with Crippen molar-refractivity contribution in [2.24, 2.45) is 0 Å². The molecule has 1 aliphatic carbocycles. The first-order chi connectivity index (χ1) is 15.5. The van der Waals surface area contributed by atoms with Crippen LogP contribution in [0.5, 0.6) is 0 Å². The summed E-state index contributed by atoms with van der Waals surface area (Å²) in [5.41, 5.74) is -2.68. The van der Waals surface area contributed by atoms with Gasteiger partial charge in [-0.1, -0.05) is 28.9 Å². The van der Waals surface area contributed by atoms with Crippen LogP contribution in [0, 0.1) is 6.92 Å². The van der Waals surface area contributed by atoms with Gasteiger partial charge in [-0.3, -0.25) is 4.79 Å². The Labute approximate surface area is 191 Å². The zero-order valence-electron chi connectivity index (χ0n) is 17.5. The zero-order chi connectivity index (χ0) is 24.0. The number of aromatic nitrogens is 1. The Kier molecular flexibility index (Phi) is 5.96. The Bertz CT molecular complexity index is 1290. The molecule has 2 unspecified atom stereocenters. The standard InChI is InChI=1S/C23H20ClF3N2O4/c1-12-18-10-14(8-9-17(18)20(30)33-29-12)28-21(31)22(32,23(25,26)27)11-13-4-2-6-16-15(13)5-3-7-19(16)24/h3,5,7-10,13,32H,2,4,6,11H2,1H3,(H,28,31). The second-order valence-electron chi connectivity index (χ2n) is 8.23. The maximum atomic E-state index is 14.0. The van der Waals surface area contributed by atoms with Crippen LogP contribution in [-0.4, -0.2) is 27.9 Å². The summed E-state index contributed by atoms with van der Waals surface area (Å²) in [7, 11) is 0. The van der Waals surface area contributed by atoms with Gasteiger partial charge in [0.2, 0.25) is 5.60 Å². The van der Waals surface area contributed by atoms with Crippen LogP contribution >= 0.6 is 11.6 Å². The summed E-state index contributed by atoms with van der Waals surface area (Å²) in [5.74, 6) is -2.30. The molecule has 10 heteroatoms. The highest BCUT2D eigenvalue weighted by Gasteiger charge is 2.60. The number of amides is 1. The predicted molar refractivity (Wildman–Crippen MR) is 116 cm³/mol. The number of hydrogen-bond acceptors (Lipinski definition) is 5. The summed E-state index contributed by atoms with van der Waals surface area (Å²) in [6.45, 7) is 1.55. The number of carbonyl (C=O) groups is 1. The minimum atomic E-state index is -5.22. The zero-order valence-corrected chi connectivity index (χ0v) is 18.3. The van der Waals surface area contributed by atoms with Gasteiger partial charge >= 0.3 is 11.8 Å². The summed E-state index contributed by atoms with van der Waals surface area (Å²) in [4.78, 5) is 24.6. The maximum Gasteiger partial charge on any atom is 0.426 e. The van der Waals surface area contributed by atoms with Crippen LogP contribution in [0.2, 0.25) is 5.02 Å². The van der Waals surface area contributed by atoms with Gasteiger partial charge in [-0.2, -0.15) is 13.2 Å². The number of benzene rings is 2. The Morgan fingerprint density at radius 2 is 2.03 bits per heavy atom. The van der Waals surface area contributed by atoms with E-state index < -0.39 is 35.6 Å². The molecule has 0 radical (unpaired) electrons. The molecule has 6 nitrogen and oxygen atoms in total. The lowest BCUT2D eigenvalue weighted by Crippen LogP contribution is -2.55. The average Bonchev–Trinajstić information content (AvgIpc) is 2.76. The summed E-state index contributed by atoms with van der Waals surface area (Å²) < 4.78 is 46.7. The smallest absolute Gasteiger partial charge is 0.373 e. The van der Waals surface area contributed by atoms with E-state index in [-0.39, 0.29) is 11.1 Å². The fourth-order valence-corrected chi connectivity index (χ4v) is 4.63. The van der Waals surface area contributed by atoms with Crippen LogP contribution in [0.25, 0.3) is 10.8 Å². The molecule has 1 amide bonds. The van der Waals surface area contributed by atoms with E-state index in [0.717, 1.165) is 5.56 Å². The molecule has 0 saturated heterocycles. The summed E-state index contributed by atoms with van der Waals surface area (Å²) in [5, 5.41) is 17.4. The number of aryl methyl sites for hydroxylation is 1. The third-order valence-corrected chi connectivity index (χ3v) is 6.47. The van der Waals surface area contributed by atoms with Gasteiger partial charge in [-0.25, -0.2) is 4.79 Å². The molecule has 0 bridgehead atoms. The molecule has 1 heterocycles. The van der Waals surface area contributed by atoms with Gasteiger partial charge in [0.15, 0.2) is 0 Å². The fraction of sp³-hybridized carbons (Fsp3) is 0.348. The molecule has 0 spiro atoms. The van der Waals surface area contributed by atoms with E-state index in [0.29, 0.717) is 40.9 Å². The predicted octanol–water partition coefficient (Wildman–Crippen LogP) is 4.89. The largest absolute Gasteiger partial charge is 0.426 e. The monoisotopic (exact) mass is 480 g/mol. The minimum absolute atomic E-state index is 0.0160. The Morgan fingerprint density at radius 3 is 2.76 bits per heavy atom. The first-order valence-corrected chi connectivity index (χ1v) is 10.7. The molecule has 1 aliphatic rings. The van der Waals surface area contributed by atoms with E-state index in [1.807, 2.05) is 0 Å². The van der Waals surface area contributed by atoms with Gasteiger partial charge in [0.25, 0.3) is 5.91 Å². The van der Waals surface area contributed by atoms with E-state index in [4.69, 9.17) is 11.6 Å². The molecule has 1 aromatic heterocycles. The molecule has 0 saturated carbocycles. The number of nitrogens with zero attached hydrogens (tertiary/aromatic N) is 1. The lowest BCUT2D eigenvalue weighted by molar-refractivity contribution is -0.252. The van der Waals surface area contributed by atoms with Crippen LogP contribution in [-0.2, 0) is 11.2 Å². The van der Waals surface area contributed by atoms with Crippen molar-refractivity contribution in [3.05, 3.63) is 68.7 Å². The third kappa shape index (κ3) is 4.22. The van der Waals surface area contributed by atoms with E-state index in [9.17, 15) is 27.9 Å². The second kappa shape index (κ2) is 8.46. The number of halogens is 4. The highest BCUT2D eigenvalue weighted by atomic mass is 35.5. The van der Waals surface area contributed by atoms with Crippen LogP contribution in [0.1, 0.15) is 42.0 Å². The molecule has 174 valence electrons. The number of carbonyl (C=O) groups excluding carboxylic acids is 1. The molecule has 0 aliphatic heterocycles. The number of anilines is 1. The van der Waals surface area contributed by atoms with Crippen LogP contribution in [0.4, 0.5) is 18.9 Å². The molecular formula is C23H20ClF3N2O4. The number of aliphatic hydroxyl groups is 1. The van der Waals surface area contributed by atoms with Crippen molar-refractivity contribution < 1.29 is 27.6 Å². The van der Waals surface area contributed by atoms with Gasteiger partial charge in [0.1, 0.15) is 0 Å². The van der Waals surface area contributed by atoms with E-state index in [1.165, 1.54) is 18.2 Å². The molecule has 2 atom stereocenters. The second-order valence-corrected chi connectivity index (χ2v) is 8.64. The van der Waals surface area contributed by atoms with Gasteiger partial charge in [0.05, 0.1) is 11.1 Å². The van der Waals surface area contributed by atoms with Crippen molar-refractivity contribution in [1.82, 2.24) is 5.16 Å². The fourth-order valence-electron chi connectivity index (χ4n) is 4.35. The highest BCUT2D eigenvalue weighted by Crippen LogP contribution is 2.44. The number of hydrogen-bond donors (Lipinski definition) is 2. The van der Waals surface area contributed by atoms with E-state index in [2.05, 4.69) is 15.0 Å². The number of rotatable bonds is 4. The van der Waals surface area contributed by atoms with Gasteiger partial charge in [-0.05, 0) is 67.5 Å². The van der Waals surface area contributed by atoms with Gasteiger partial charge < -0.3 is 14.9 Å². The highest BCUT2D eigenvalue weighted by molar-refractivity contribution is 6.31. The lowest BCUT2D eigenvalue weighted by atomic mass is 9.76. The SMILES string of the molecule is Cc1noc(=O)c2ccc(NC(=O)C(O)(CC3CCCc4c(Cl)cccc43)C(F)(F)F)cc12. The first kappa shape index (κ1) is 23.3. The molecule has 0 fully saturated rings. The van der Waals surface area contributed by atoms with Crippen molar-refractivity contribution in [3.8, 4) is 0 Å². The summed E-state index contributed by atoms with van der Waals surface area (Å²) in [6.07, 6.45) is -4.46. The number of fused-ring (bicyclic) bond motifs is 2. The van der Waals surface area contributed by atoms with E-state index in [1.54, 1.807) is 25.1 Å². The van der Waals surface area contributed by atoms with E-state index >= 15 is 0 Å². The minimum Gasteiger partial charge on any atom is -0.373 e. The maximum absolute atomic E-state index is 14.0. The van der Waals surface area contributed by atoms with Crippen LogP contribution < -0.4 is 10.9 Å².